The predicted molar refractivity (Wildman–Crippen MR) is 41.0 cm³/mol. The molecular formula is C7H5N2S. The largest absolute Gasteiger partial charge is 0.173 e. The molecule has 0 bridgehead atoms. The van der Waals surface area contributed by atoms with Gasteiger partial charge in [-0.15, -0.1) is 0 Å². The summed E-state index contributed by atoms with van der Waals surface area (Å²) in [7, 11) is 0. The van der Waals surface area contributed by atoms with Gasteiger partial charge in [-0.1, -0.05) is 6.07 Å². The van der Waals surface area contributed by atoms with E-state index in [2.05, 4.69) is 14.8 Å². The topological polar surface area (TPSA) is 25.8 Å². The van der Waals surface area contributed by atoms with Crippen LogP contribution in [0, 0.1) is 13.0 Å². The zero-order valence-electron chi connectivity index (χ0n) is 5.46. The molecule has 0 saturated heterocycles. The average Bonchev–Trinajstić information content (AvgIpc) is 2.33. The molecule has 2 nitrogen and oxygen atoms in total. The Morgan fingerprint density at radius 3 is 3.20 bits per heavy atom. The van der Waals surface area contributed by atoms with E-state index < -0.39 is 0 Å². The van der Waals surface area contributed by atoms with Gasteiger partial charge >= 0.3 is 0 Å². The van der Waals surface area contributed by atoms with Crippen LogP contribution in [0.25, 0.3) is 11.0 Å². The van der Waals surface area contributed by atoms with E-state index in [4.69, 9.17) is 0 Å². The van der Waals surface area contributed by atoms with Gasteiger partial charge in [-0.05, 0) is 18.6 Å². The fraction of sp³-hybridized carbons (Fsp3) is 0.143. The molecule has 0 aliphatic carbocycles. The maximum Gasteiger partial charge on any atom is 0.112 e. The molecule has 0 unspecified atom stereocenters. The molecule has 0 fully saturated rings. The van der Waals surface area contributed by atoms with Crippen LogP contribution in [0.15, 0.2) is 12.1 Å². The van der Waals surface area contributed by atoms with E-state index in [1.165, 1.54) is 11.7 Å². The first kappa shape index (κ1) is 5.80. The van der Waals surface area contributed by atoms with Crippen molar-refractivity contribution in [3.8, 4) is 0 Å². The number of benzene rings is 1. The highest BCUT2D eigenvalue weighted by atomic mass is 32.1. The van der Waals surface area contributed by atoms with Gasteiger partial charge in [0, 0.05) is 6.07 Å². The lowest BCUT2D eigenvalue weighted by atomic mass is 10.2. The summed E-state index contributed by atoms with van der Waals surface area (Å²) in [6.45, 7) is 2.00. The van der Waals surface area contributed by atoms with Gasteiger partial charge in [0.15, 0.2) is 0 Å². The van der Waals surface area contributed by atoms with Crippen LogP contribution in [0.3, 0.4) is 0 Å². The first-order valence-corrected chi connectivity index (χ1v) is 3.70. The Morgan fingerprint density at radius 2 is 2.30 bits per heavy atom. The van der Waals surface area contributed by atoms with Gasteiger partial charge in [-0.2, -0.15) is 8.75 Å². The highest BCUT2D eigenvalue weighted by Gasteiger charge is 1.95. The number of hydrogen-bond acceptors (Lipinski definition) is 3. The molecule has 2 rings (SSSR count). The van der Waals surface area contributed by atoms with Crippen molar-refractivity contribution in [2.24, 2.45) is 0 Å². The number of rotatable bonds is 0. The van der Waals surface area contributed by atoms with Crippen LogP contribution >= 0.6 is 11.7 Å². The number of fused-ring (bicyclic) bond motifs is 1. The molecule has 0 N–H and O–H groups in total. The first-order valence-electron chi connectivity index (χ1n) is 2.97. The molecule has 49 valence electrons. The molecule has 0 aliphatic heterocycles. The van der Waals surface area contributed by atoms with E-state index in [0.717, 1.165) is 16.6 Å². The standard InChI is InChI=1S/C7H5N2S/c1-5-2-3-6-7(4-5)9-10-8-6/h2-3H,1H3. The number of aryl methyl sites for hydroxylation is 1. The molecule has 1 radical (unpaired) electrons. The monoisotopic (exact) mass is 149 g/mol. The highest BCUT2D eigenvalue weighted by Crippen LogP contribution is 2.11. The predicted octanol–water partition coefficient (Wildman–Crippen LogP) is 1.80. The van der Waals surface area contributed by atoms with Gasteiger partial charge in [-0.3, -0.25) is 0 Å². The molecule has 0 aliphatic rings. The first-order chi connectivity index (χ1) is 4.86. The average molecular weight is 149 g/mol. The summed E-state index contributed by atoms with van der Waals surface area (Å²) in [6, 6.07) is 7.06. The Morgan fingerprint density at radius 1 is 1.40 bits per heavy atom. The zero-order chi connectivity index (χ0) is 6.97. The molecule has 1 aromatic heterocycles. The van der Waals surface area contributed by atoms with Crippen molar-refractivity contribution in [2.45, 2.75) is 6.92 Å². The van der Waals surface area contributed by atoms with Crippen molar-refractivity contribution < 1.29 is 0 Å². The molecular weight excluding hydrogens is 144 g/mol. The molecule has 0 atom stereocenters. The quantitative estimate of drug-likeness (QED) is 0.570. The second kappa shape index (κ2) is 2.02. The van der Waals surface area contributed by atoms with Crippen molar-refractivity contribution in [3.63, 3.8) is 0 Å². The smallest absolute Gasteiger partial charge is 0.112 e. The van der Waals surface area contributed by atoms with Crippen LogP contribution in [0.5, 0.6) is 0 Å². The van der Waals surface area contributed by atoms with Crippen LogP contribution < -0.4 is 0 Å². The van der Waals surface area contributed by atoms with Crippen LogP contribution in [0.2, 0.25) is 0 Å². The number of aromatic nitrogens is 2. The Bertz CT molecular complexity index is 353. The Balaban J connectivity index is 2.86. The molecule has 3 heteroatoms. The Kier molecular flexibility index (Phi) is 1.17. The summed E-state index contributed by atoms with van der Waals surface area (Å²) in [4.78, 5) is 0. The lowest BCUT2D eigenvalue weighted by Crippen LogP contribution is -1.72. The van der Waals surface area contributed by atoms with E-state index >= 15 is 0 Å². The summed E-state index contributed by atoms with van der Waals surface area (Å²) in [5.74, 6) is 0. The van der Waals surface area contributed by atoms with Crippen LogP contribution in [-0.4, -0.2) is 8.75 Å². The summed E-state index contributed by atoms with van der Waals surface area (Å²) in [5.41, 5.74) is 2.93. The SMILES string of the molecule is Cc1[c]c2nsnc2cc1. The third-order valence-corrected chi connectivity index (χ3v) is 1.86. The summed E-state index contributed by atoms with van der Waals surface area (Å²) < 4.78 is 8.11. The second-order valence-electron chi connectivity index (χ2n) is 2.14. The van der Waals surface area contributed by atoms with Gasteiger partial charge in [-0.25, -0.2) is 0 Å². The van der Waals surface area contributed by atoms with E-state index in [-0.39, 0.29) is 0 Å². The van der Waals surface area contributed by atoms with Crippen LogP contribution in [0.4, 0.5) is 0 Å². The van der Waals surface area contributed by atoms with Crippen molar-refractivity contribution in [1.29, 1.82) is 0 Å². The molecule has 2 aromatic rings. The second-order valence-corrected chi connectivity index (χ2v) is 2.67. The molecule has 0 amide bonds. The van der Waals surface area contributed by atoms with Crippen molar-refractivity contribution in [2.75, 3.05) is 0 Å². The zero-order valence-corrected chi connectivity index (χ0v) is 6.27. The minimum atomic E-state index is 0.880. The highest BCUT2D eigenvalue weighted by molar-refractivity contribution is 7.00. The van der Waals surface area contributed by atoms with Gasteiger partial charge in [0.1, 0.15) is 11.0 Å². The van der Waals surface area contributed by atoms with E-state index in [9.17, 15) is 0 Å². The summed E-state index contributed by atoms with van der Waals surface area (Å²) in [5, 5.41) is 0. The minimum Gasteiger partial charge on any atom is -0.173 e. The molecule has 0 spiro atoms. The van der Waals surface area contributed by atoms with Crippen LogP contribution in [-0.2, 0) is 0 Å². The van der Waals surface area contributed by atoms with Crippen molar-refractivity contribution in [1.82, 2.24) is 8.75 Å². The Labute approximate surface area is 62.8 Å². The third-order valence-electron chi connectivity index (χ3n) is 1.32. The van der Waals surface area contributed by atoms with E-state index in [0.29, 0.717) is 0 Å². The van der Waals surface area contributed by atoms with Gasteiger partial charge in [0.25, 0.3) is 0 Å². The summed E-state index contributed by atoms with van der Waals surface area (Å²) in [6.07, 6.45) is 0. The van der Waals surface area contributed by atoms with E-state index in [1.54, 1.807) is 0 Å². The molecule has 10 heavy (non-hydrogen) atoms. The fourth-order valence-corrected chi connectivity index (χ4v) is 1.32. The number of nitrogens with zero attached hydrogens (tertiary/aromatic N) is 2. The molecule has 0 saturated carbocycles. The fourth-order valence-electron chi connectivity index (χ4n) is 0.824. The van der Waals surface area contributed by atoms with Gasteiger partial charge < -0.3 is 0 Å². The number of hydrogen-bond donors (Lipinski definition) is 0. The minimum absolute atomic E-state index is 0.880. The normalized spacial score (nSPS) is 10.5. The lowest BCUT2D eigenvalue weighted by Gasteiger charge is -1.86. The van der Waals surface area contributed by atoms with Crippen molar-refractivity contribution in [3.05, 3.63) is 23.8 Å². The maximum atomic E-state index is 4.06. The molecule has 1 aromatic carbocycles. The molecule has 1 heterocycles. The van der Waals surface area contributed by atoms with Gasteiger partial charge in [0.2, 0.25) is 0 Å². The van der Waals surface area contributed by atoms with E-state index in [1.807, 2.05) is 19.1 Å². The maximum absolute atomic E-state index is 4.06. The lowest BCUT2D eigenvalue weighted by molar-refractivity contribution is 1.47. The van der Waals surface area contributed by atoms with Crippen LogP contribution in [0.1, 0.15) is 5.56 Å². The third kappa shape index (κ3) is 0.789. The Hall–Kier alpha value is -0.960. The summed E-state index contributed by atoms with van der Waals surface area (Å²) >= 11 is 1.23. The van der Waals surface area contributed by atoms with Crippen molar-refractivity contribution >= 4 is 22.8 Å². The van der Waals surface area contributed by atoms with Gasteiger partial charge in [0.05, 0.1) is 11.7 Å².